The molecule has 35 heavy (non-hydrogen) atoms. The van der Waals surface area contributed by atoms with Gasteiger partial charge in [0.15, 0.2) is 11.5 Å². The van der Waals surface area contributed by atoms with Gasteiger partial charge in [0.1, 0.15) is 5.75 Å². The smallest absolute Gasteiger partial charge is 0.343 e. The minimum absolute atomic E-state index is 0.228. The monoisotopic (exact) mass is 475 g/mol. The van der Waals surface area contributed by atoms with Crippen LogP contribution in [0, 0.1) is 6.92 Å². The molecular weight excluding hydrogens is 450 g/mol. The molecule has 0 bridgehead atoms. The van der Waals surface area contributed by atoms with Gasteiger partial charge in [-0.05, 0) is 79.6 Å². The van der Waals surface area contributed by atoms with Crippen LogP contribution in [0.5, 0.6) is 17.2 Å². The van der Waals surface area contributed by atoms with Crippen LogP contribution in [0.2, 0.25) is 0 Å². The molecule has 0 unspecified atom stereocenters. The summed E-state index contributed by atoms with van der Waals surface area (Å²) in [5.41, 5.74) is 4.54. The Bertz CT molecular complexity index is 1240. The van der Waals surface area contributed by atoms with E-state index in [0.29, 0.717) is 34.9 Å². The highest BCUT2D eigenvalue weighted by Crippen LogP contribution is 2.29. The molecule has 0 aliphatic rings. The average molecular weight is 476 g/mol. The molecule has 3 aromatic carbocycles. The number of hydrogen-bond acceptors (Lipinski definition) is 7. The number of ether oxygens (including phenoxy) is 3. The maximum Gasteiger partial charge on any atom is 0.343 e. The molecule has 9 nitrogen and oxygen atoms in total. The minimum atomic E-state index is -0.919. The number of carbonyl (C=O) groups excluding carboxylic acids is 3. The fraction of sp³-hybridized carbons (Fsp3) is 0.154. The van der Waals surface area contributed by atoms with Crippen molar-refractivity contribution in [1.82, 2.24) is 5.43 Å². The Kier molecular flexibility index (Phi) is 8.55. The molecule has 0 aliphatic heterocycles. The van der Waals surface area contributed by atoms with Crippen LogP contribution in [0.3, 0.4) is 0 Å². The zero-order valence-electron chi connectivity index (χ0n) is 19.5. The first-order chi connectivity index (χ1) is 16.9. The highest BCUT2D eigenvalue weighted by Gasteiger charge is 2.15. The SMILES string of the molecule is CCOc1cc(/C=N\NC(=O)C(=O)Nc2cccc(C)c2)ccc1OC(=O)c1ccc(OC)cc1. The topological polar surface area (TPSA) is 115 Å². The van der Waals surface area contributed by atoms with E-state index in [0.717, 1.165) is 5.56 Å². The van der Waals surface area contributed by atoms with Gasteiger partial charge < -0.3 is 19.5 Å². The number of aryl methyl sites for hydroxylation is 1. The molecule has 9 heteroatoms. The fourth-order valence-electron chi connectivity index (χ4n) is 2.97. The van der Waals surface area contributed by atoms with Crippen molar-refractivity contribution in [1.29, 1.82) is 0 Å². The maximum atomic E-state index is 12.5. The zero-order chi connectivity index (χ0) is 25.2. The van der Waals surface area contributed by atoms with Gasteiger partial charge >= 0.3 is 17.8 Å². The normalized spacial score (nSPS) is 10.5. The third-order valence-corrected chi connectivity index (χ3v) is 4.66. The minimum Gasteiger partial charge on any atom is -0.497 e. The van der Waals surface area contributed by atoms with E-state index in [2.05, 4.69) is 15.8 Å². The second-order valence-corrected chi connectivity index (χ2v) is 7.28. The third kappa shape index (κ3) is 7.16. The zero-order valence-corrected chi connectivity index (χ0v) is 19.5. The van der Waals surface area contributed by atoms with Gasteiger partial charge in [0.25, 0.3) is 0 Å². The van der Waals surface area contributed by atoms with Gasteiger partial charge in [-0.3, -0.25) is 9.59 Å². The Hall–Kier alpha value is -4.66. The summed E-state index contributed by atoms with van der Waals surface area (Å²) in [6.07, 6.45) is 1.34. The number of rotatable bonds is 8. The van der Waals surface area contributed by atoms with Gasteiger partial charge in [0.2, 0.25) is 0 Å². The molecule has 0 heterocycles. The molecule has 2 N–H and O–H groups in total. The van der Waals surface area contributed by atoms with Crippen molar-refractivity contribution in [2.75, 3.05) is 19.0 Å². The summed E-state index contributed by atoms with van der Waals surface area (Å²) in [7, 11) is 1.54. The third-order valence-electron chi connectivity index (χ3n) is 4.66. The van der Waals surface area contributed by atoms with Gasteiger partial charge in [-0.2, -0.15) is 5.10 Å². The molecule has 0 atom stereocenters. The van der Waals surface area contributed by atoms with E-state index < -0.39 is 17.8 Å². The van der Waals surface area contributed by atoms with E-state index in [1.807, 2.05) is 13.0 Å². The summed E-state index contributed by atoms with van der Waals surface area (Å²) in [5, 5.41) is 6.32. The molecular formula is C26H25N3O6. The second-order valence-electron chi connectivity index (χ2n) is 7.28. The lowest BCUT2D eigenvalue weighted by Gasteiger charge is -2.11. The summed E-state index contributed by atoms with van der Waals surface area (Å²) in [6, 6.07) is 18.4. The molecule has 0 aromatic heterocycles. The predicted molar refractivity (Wildman–Crippen MR) is 131 cm³/mol. The van der Waals surface area contributed by atoms with E-state index in [-0.39, 0.29) is 5.75 Å². The Morgan fingerprint density at radius 3 is 2.40 bits per heavy atom. The molecule has 0 saturated heterocycles. The Morgan fingerprint density at radius 2 is 1.71 bits per heavy atom. The molecule has 2 amide bonds. The van der Waals surface area contributed by atoms with Crippen LogP contribution in [0.15, 0.2) is 71.8 Å². The maximum absolute atomic E-state index is 12.5. The number of nitrogens with zero attached hydrogens (tertiary/aromatic N) is 1. The number of methoxy groups -OCH3 is 1. The molecule has 180 valence electrons. The predicted octanol–water partition coefficient (Wildman–Crippen LogP) is 3.71. The van der Waals surface area contributed by atoms with E-state index in [4.69, 9.17) is 14.2 Å². The number of esters is 1. The lowest BCUT2D eigenvalue weighted by atomic mass is 10.2. The van der Waals surface area contributed by atoms with Crippen LogP contribution in [0.1, 0.15) is 28.4 Å². The largest absolute Gasteiger partial charge is 0.497 e. The summed E-state index contributed by atoms with van der Waals surface area (Å²) < 4.78 is 16.2. The lowest BCUT2D eigenvalue weighted by Crippen LogP contribution is -2.32. The number of anilines is 1. The van der Waals surface area contributed by atoms with Crippen LogP contribution in [-0.2, 0) is 9.59 Å². The Balaban J connectivity index is 1.63. The number of carbonyl (C=O) groups is 3. The summed E-state index contributed by atoms with van der Waals surface area (Å²) in [4.78, 5) is 36.5. The van der Waals surface area contributed by atoms with Gasteiger partial charge in [0, 0.05) is 5.69 Å². The number of hydrazone groups is 1. The fourth-order valence-corrected chi connectivity index (χ4v) is 2.97. The van der Waals surface area contributed by atoms with Crippen LogP contribution < -0.4 is 25.0 Å². The van der Waals surface area contributed by atoms with Gasteiger partial charge in [-0.25, -0.2) is 10.2 Å². The van der Waals surface area contributed by atoms with Crippen LogP contribution in [-0.4, -0.2) is 37.7 Å². The van der Waals surface area contributed by atoms with Gasteiger partial charge in [0.05, 0.1) is 25.5 Å². The quantitative estimate of drug-likeness (QED) is 0.169. The average Bonchev–Trinajstić information content (AvgIpc) is 2.85. The van der Waals surface area contributed by atoms with Crippen molar-refractivity contribution in [2.45, 2.75) is 13.8 Å². The first-order valence-electron chi connectivity index (χ1n) is 10.7. The van der Waals surface area contributed by atoms with Crippen molar-refractivity contribution in [3.05, 3.63) is 83.4 Å². The first-order valence-corrected chi connectivity index (χ1v) is 10.7. The Morgan fingerprint density at radius 1 is 0.943 bits per heavy atom. The van der Waals surface area contributed by atoms with E-state index in [9.17, 15) is 14.4 Å². The second kappa shape index (κ2) is 12.0. The number of hydrogen-bond donors (Lipinski definition) is 2. The highest BCUT2D eigenvalue weighted by molar-refractivity contribution is 6.39. The highest BCUT2D eigenvalue weighted by atomic mass is 16.6. The first kappa shape index (κ1) is 25.0. The van der Waals surface area contributed by atoms with Crippen molar-refractivity contribution >= 4 is 29.7 Å². The van der Waals surface area contributed by atoms with Crippen molar-refractivity contribution in [2.24, 2.45) is 5.10 Å². The van der Waals surface area contributed by atoms with Crippen molar-refractivity contribution in [3.63, 3.8) is 0 Å². The molecule has 0 aliphatic carbocycles. The van der Waals surface area contributed by atoms with Crippen LogP contribution in [0.4, 0.5) is 5.69 Å². The van der Waals surface area contributed by atoms with Crippen LogP contribution in [0.25, 0.3) is 0 Å². The number of amides is 2. The molecule has 0 spiro atoms. The standard InChI is InChI=1S/C26H25N3O6/c1-4-34-23-15-18(8-13-22(23)35-26(32)19-9-11-21(33-3)12-10-19)16-27-29-25(31)24(30)28-20-7-5-6-17(2)14-20/h5-16H,4H2,1-3H3,(H,28,30)(H,29,31)/b27-16-. The van der Waals surface area contributed by atoms with Crippen LogP contribution >= 0.6 is 0 Å². The van der Waals surface area contributed by atoms with Crippen molar-refractivity contribution in [3.8, 4) is 17.2 Å². The molecule has 3 aromatic rings. The van der Waals surface area contributed by atoms with Gasteiger partial charge in [-0.15, -0.1) is 0 Å². The van der Waals surface area contributed by atoms with E-state index in [1.54, 1.807) is 67.6 Å². The van der Waals surface area contributed by atoms with E-state index in [1.165, 1.54) is 13.3 Å². The molecule has 0 saturated carbocycles. The molecule has 0 radical (unpaired) electrons. The number of nitrogens with one attached hydrogen (secondary N) is 2. The Labute approximate surface area is 202 Å². The molecule has 3 rings (SSSR count). The summed E-state index contributed by atoms with van der Waals surface area (Å²) in [6.45, 7) is 4.01. The summed E-state index contributed by atoms with van der Waals surface area (Å²) in [5.74, 6) is -1.14. The summed E-state index contributed by atoms with van der Waals surface area (Å²) >= 11 is 0. The lowest BCUT2D eigenvalue weighted by molar-refractivity contribution is -0.136. The number of benzene rings is 3. The van der Waals surface area contributed by atoms with Crippen molar-refractivity contribution < 1.29 is 28.6 Å². The van der Waals surface area contributed by atoms with E-state index >= 15 is 0 Å². The molecule has 0 fully saturated rings. The van der Waals surface area contributed by atoms with Gasteiger partial charge in [-0.1, -0.05) is 12.1 Å².